The highest BCUT2D eigenvalue weighted by Gasteiger charge is 2.32. The summed E-state index contributed by atoms with van der Waals surface area (Å²) in [7, 11) is 1.38. The van der Waals surface area contributed by atoms with Gasteiger partial charge >= 0.3 is 5.97 Å². The van der Waals surface area contributed by atoms with E-state index in [4.69, 9.17) is 10.5 Å². The van der Waals surface area contributed by atoms with E-state index in [1.54, 1.807) is 0 Å². The van der Waals surface area contributed by atoms with Crippen LogP contribution in [0.1, 0.15) is 22.7 Å². The molecular weight excluding hydrogens is 348 g/mol. The van der Waals surface area contributed by atoms with Gasteiger partial charge in [-0.2, -0.15) is 0 Å². The SMILES string of the molecule is COC(=O)[C@@H](N)[C@H](c1ccccc1)N(Cc1ccccc1)Cc1ccccc1. The minimum Gasteiger partial charge on any atom is -0.468 e. The van der Waals surface area contributed by atoms with Crippen LogP contribution in [0.25, 0.3) is 0 Å². The molecule has 0 heterocycles. The van der Waals surface area contributed by atoms with Gasteiger partial charge in [0.05, 0.1) is 13.2 Å². The molecule has 0 amide bonds. The molecule has 0 fully saturated rings. The van der Waals surface area contributed by atoms with E-state index in [-0.39, 0.29) is 6.04 Å². The van der Waals surface area contributed by atoms with E-state index in [9.17, 15) is 4.79 Å². The van der Waals surface area contributed by atoms with Crippen molar-refractivity contribution in [2.24, 2.45) is 5.73 Å². The number of esters is 1. The molecule has 3 aromatic carbocycles. The van der Waals surface area contributed by atoms with Crippen molar-refractivity contribution in [3.8, 4) is 0 Å². The summed E-state index contributed by atoms with van der Waals surface area (Å²) in [6.45, 7) is 1.33. The number of carbonyl (C=O) groups is 1. The van der Waals surface area contributed by atoms with Crippen LogP contribution in [0.15, 0.2) is 91.0 Å². The normalized spacial score (nSPS) is 13.1. The Kier molecular flexibility index (Phi) is 6.95. The first-order valence-corrected chi connectivity index (χ1v) is 9.39. The predicted octanol–water partition coefficient (Wildman–Crippen LogP) is 3.93. The number of methoxy groups -OCH3 is 1. The Morgan fingerprint density at radius 3 is 1.68 bits per heavy atom. The maximum atomic E-state index is 12.4. The summed E-state index contributed by atoms with van der Waals surface area (Å²) in [5, 5.41) is 0. The zero-order valence-electron chi connectivity index (χ0n) is 16.1. The van der Waals surface area contributed by atoms with Gasteiger partial charge in [0.25, 0.3) is 0 Å². The zero-order valence-corrected chi connectivity index (χ0v) is 16.1. The molecule has 0 aromatic heterocycles. The summed E-state index contributed by atoms with van der Waals surface area (Å²) in [4.78, 5) is 14.6. The van der Waals surface area contributed by atoms with Crippen LogP contribution in [-0.4, -0.2) is 24.0 Å². The third-order valence-corrected chi connectivity index (χ3v) is 4.80. The molecule has 0 bridgehead atoms. The van der Waals surface area contributed by atoms with Gasteiger partial charge in [0, 0.05) is 13.1 Å². The second-order valence-electron chi connectivity index (χ2n) is 6.78. The Hall–Kier alpha value is -2.95. The molecule has 28 heavy (non-hydrogen) atoms. The number of hydrogen-bond acceptors (Lipinski definition) is 4. The summed E-state index contributed by atoms with van der Waals surface area (Å²) in [6.07, 6.45) is 0. The van der Waals surface area contributed by atoms with Gasteiger partial charge in [0.15, 0.2) is 0 Å². The van der Waals surface area contributed by atoms with Crippen LogP contribution in [0.3, 0.4) is 0 Å². The van der Waals surface area contributed by atoms with Crippen LogP contribution in [0, 0.1) is 0 Å². The van der Waals surface area contributed by atoms with Gasteiger partial charge in [0.1, 0.15) is 6.04 Å². The van der Waals surface area contributed by atoms with E-state index in [1.807, 2.05) is 66.7 Å². The Balaban J connectivity index is 2.00. The van der Waals surface area contributed by atoms with Gasteiger partial charge in [-0.15, -0.1) is 0 Å². The summed E-state index contributed by atoms with van der Waals surface area (Å²) < 4.78 is 4.97. The molecule has 0 aliphatic carbocycles. The molecule has 144 valence electrons. The first-order valence-electron chi connectivity index (χ1n) is 9.39. The lowest BCUT2D eigenvalue weighted by molar-refractivity contribution is -0.144. The number of rotatable bonds is 8. The highest BCUT2D eigenvalue weighted by Crippen LogP contribution is 2.28. The second-order valence-corrected chi connectivity index (χ2v) is 6.78. The molecular formula is C24H26N2O2. The zero-order chi connectivity index (χ0) is 19.8. The van der Waals surface area contributed by atoms with Crippen LogP contribution in [-0.2, 0) is 22.6 Å². The van der Waals surface area contributed by atoms with Crippen molar-refractivity contribution in [1.29, 1.82) is 0 Å². The quantitative estimate of drug-likeness (QED) is 0.607. The maximum Gasteiger partial charge on any atom is 0.324 e. The number of nitrogens with two attached hydrogens (primary N) is 1. The first-order chi connectivity index (χ1) is 13.7. The monoisotopic (exact) mass is 374 g/mol. The minimum atomic E-state index is -0.792. The van der Waals surface area contributed by atoms with Crippen molar-refractivity contribution in [3.05, 3.63) is 108 Å². The highest BCUT2D eigenvalue weighted by atomic mass is 16.5. The fourth-order valence-electron chi connectivity index (χ4n) is 3.45. The number of ether oxygens (including phenoxy) is 1. The molecule has 0 radical (unpaired) electrons. The average molecular weight is 374 g/mol. The first kappa shape index (κ1) is 19.8. The second kappa shape index (κ2) is 9.83. The van der Waals surface area contributed by atoms with Crippen molar-refractivity contribution in [1.82, 2.24) is 4.90 Å². The summed E-state index contributed by atoms with van der Waals surface area (Å²) in [5.41, 5.74) is 9.72. The Morgan fingerprint density at radius 2 is 1.25 bits per heavy atom. The number of carbonyl (C=O) groups excluding carboxylic acids is 1. The van der Waals surface area contributed by atoms with E-state index in [1.165, 1.54) is 7.11 Å². The van der Waals surface area contributed by atoms with E-state index in [0.29, 0.717) is 13.1 Å². The number of nitrogens with zero attached hydrogens (tertiary/aromatic N) is 1. The summed E-state index contributed by atoms with van der Waals surface area (Å²) in [5.74, 6) is -0.417. The maximum absolute atomic E-state index is 12.4. The number of benzene rings is 3. The molecule has 3 rings (SSSR count). The molecule has 0 aliphatic rings. The van der Waals surface area contributed by atoms with E-state index in [2.05, 4.69) is 29.2 Å². The van der Waals surface area contributed by atoms with E-state index >= 15 is 0 Å². The molecule has 2 N–H and O–H groups in total. The average Bonchev–Trinajstić information content (AvgIpc) is 2.75. The smallest absolute Gasteiger partial charge is 0.324 e. The summed E-state index contributed by atoms with van der Waals surface area (Å²) in [6, 6.07) is 29.2. The van der Waals surface area contributed by atoms with Crippen LogP contribution in [0.5, 0.6) is 0 Å². The van der Waals surface area contributed by atoms with Gasteiger partial charge in [-0.25, -0.2) is 0 Å². The van der Waals surface area contributed by atoms with Gasteiger partial charge in [-0.05, 0) is 16.7 Å². The molecule has 2 atom stereocenters. The van der Waals surface area contributed by atoms with Gasteiger partial charge < -0.3 is 10.5 Å². The van der Waals surface area contributed by atoms with Gasteiger partial charge in [-0.1, -0.05) is 91.0 Å². The van der Waals surface area contributed by atoms with Crippen molar-refractivity contribution >= 4 is 5.97 Å². The van der Waals surface area contributed by atoms with Crippen molar-refractivity contribution < 1.29 is 9.53 Å². The lowest BCUT2D eigenvalue weighted by Crippen LogP contribution is -2.45. The van der Waals surface area contributed by atoms with E-state index in [0.717, 1.165) is 16.7 Å². The third-order valence-electron chi connectivity index (χ3n) is 4.80. The third kappa shape index (κ3) is 5.06. The Bertz CT molecular complexity index is 812. The van der Waals surface area contributed by atoms with Crippen molar-refractivity contribution in [3.63, 3.8) is 0 Å². The lowest BCUT2D eigenvalue weighted by Gasteiger charge is -2.35. The van der Waals surface area contributed by atoms with Crippen LogP contribution >= 0.6 is 0 Å². The molecule has 0 saturated carbocycles. The lowest BCUT2D eigenvalue weighted by atomic mass is 9.96. The molecule has 0 aliphatic heterocycles. The molecule has 0 spiro atoms. The van der Waals surface area contributed by atoms with Crippen LogP contribution in [0.2, 0.25) is 0 Å². The minimum absolute atomic E-state index is 0.311. The van der Waals surface area contributed by atoms with Crippen molar-refractivity contribution in [2.45, 2.75) is 25.2 Å². The fraction of sp³-hybridized carbons (Fsp3) is 0.208. The largest absolute Gasteiger partial charge is 0.468 e. The van der Waals surface area contributed by atoms with Crippen molar-refractivity contribution in [2.75, 3.05) is 7.11 Å². The molecule has 0 unspecified atom stereocenters. The van der Waals surface area contributed by atoms with Gasteiger partial charge in [0.2, 0.25) is 0 Å². The topological polar surface area (TPSA) is 55.6 Å². The fourth-order valence-corrected chi connectivity index (χ4v) is 3.45. The van der Waals surface area contributed by atoms with Gasteiger partial charge in [-0.3, -0.25) is 9.69 Å². The number of hydrogen-bond donors (Lipinski definition) is 1. The standard InChI is InChI=1S/C24H26N2O2/c1-28-24(27)22(25)23(21-15-9-4-10-16-21)26(17-19-11-5-2-6-12-19)18-20-13-7-3-8-14-20/h2-16,22-23H,17-18,25H2,1H3/t22-,23-/m0/s1. The molecule has 0 saturated heterocycles. The van der Waals surface area contributed by atoms with Crippen LogP contribution < -0.4 is 5.73 Å². The molecule has 4 nitrogen and oxygen atoms in total. The Morgan fingerprint density at radius 1 is 0.821 bits per heavy atom. The Labute approximate surface area is 166 Å². The molecule has 3 aromatic rings. The predicted molar refractivity (Wildman–Crippen MR) is 111 cm³/mol. The van der Waals surface area contributed by atoms with Crippen LogP contribution in [0.4, 0.5) is 0 Å². The highest BCUT2D eigenvalue weighted by molar-refractivity contribution is 5.76. The van der Waals surface area contributed by atoms with E-state index < -0.39 is 12.0 Å². The molecule has 4 heteroatoms. The summed E-state index contributed by atoms with van der Waals surface area (Å²) >= 11 is 0.